The van der Waals surface area contributed by atoms with Crippen molar-refractivity contribution in [3.63, 3.8) is 0 Å². The second-order valence-electron chi connectivity index (χ2n) is 20.8. The van der Waals surface area contributed by atoms with Gasteiger partial charge in [-0.2, -0.15) is 0 Å². The fourth-order valence-corrected chi connectivity index (χ4v) is 13.9. The number of carbonyl (C=O) groups is 4. The molecule has 354 valence electrons. The first-order chi connectivity index (χ1) is 31.7. The van der Waals surface area contributed by atoms with Crippen LogP contribution in [-0.4, -0.2) is 164 Å². The Balaban J connectivity index is 0.668. The van der Waals surface area contributed by atoms with Gasteiger partial charge in [0.15, 0.2) is 46.8 Å². The predicted molar refractivity (Wildman–Crippen MR) is 224 cm³/mol. The Kier molecular flexibility index (Phi) is 9.79. The highest BCUT2D eigenvalue weighted by Crippen LogP contribution is 2.67. The van der Waals surface area contributed by atoms with Crippen molar-refractivity contribution in [2.24, 2.45) is 11.8 Å². The molecule has 2 saturated heterocycles. The maximum Gasteiger partial charge on any atom is 0.514 e. The van der Waals surface area contributed by atoms with Crippen LogP contribution in [-0.2, 0) is 42.7 Å². The lowest BCUT2D eigenvalue weighted by molar-refractivity contribution is -0.188. The number of rotatable bonds is 13. The smallest absolute Gasteiger partial charge is 0.477 e. The van der Waals surface area contributed by atoms with Crippen LogP contribution in [0, 0.1) is 11.8 Å². The molecule has 2 aromatic carbocycles. The monoisotopic (exact) mass is 916 g/mol. The molecule has 0 unspecified atom stereocenters. The van der Waals surface area contributed by atoms with Gasteiger partial charge < -0.3 is 59.1 Å². The third kappa shape index (κ3) is 6.07. The molecule has 0 aromatic heterocycles. The van der Waals surface area contributed by atoms with Crippen molar-refractivity contribution in [3.05, 3.63) is 46.5 Å². The largest absolute Gasteiger partial charge is 0.514 e. The number of piperidine rings is 2. The summed E-state index contributed by atoms with van der Waals surface area (Å²) in [7, 11) is 0. The van der Waals surface area contributed by atoms with Crippen molar-refractivity contribution in [1.82, 2.24) is 9.80 Å². The minimum atomic E-state index is -2.09. The van der Waals surface area contributed by atoms with Crippen LogP contribution in [0.15, 0.2) is 24.3 Å². The summed E-state index contributed by atoms with van der Waals surface area (Å²) in [5.41, 5.74) is -1.23. The summed E-state index contributed by atoms with van der Waals surface area (Å²) in [4.78, 5) is 57.6. The number of aliphatic hydroxyl groups is 6. The van der Waals surface area contributed by atoms with E-state index in [9.17, 15) is 49.8 Å². The highest BCUT2D eigenvalue weighted by atomic mass is 16.7. The average Bonchev–Trinajstić information content (AvgIpc) is 4.23. The molecule has 12 rings (SSSR count). The van der Waals surface area contributed by atoms with E-state index in [1.807, 2.05) is 12.1 Å². The van der Waals surface area contributed by atoms with Gasteiger partial charge in [-0.3, -0.25) is 19.4 Å². The van der Waals surface area contributed by atoms with Crippen LogP contribution in [0.5, 0.6) is 23.0 Å². The zero-order valence-corrected chi connectivity index (χ0v) is 36.5. The minimum Gasteiger partial charge on any atom is -0.477 e. The van der Waals surface area contributed by atoms with Crippen LogP contribution in [0.2, 0.25) is 0 Å². The number of hydrogen-bond donors (Lipinski definition) is 6. The molecule has 6 N–H and O–H groups in total. The maximum absolute atomic E-state index is 13.4. The molecule has 0 amide bonds. The van der Waals surface area contributed by atoms with E-state index in [0.717, 1.165) is 24.2 Å². The summed E-state index contributed by atoms with van der Waals surface area (Å²) >= 11 is 0. The number of ketones is 2. The van der Waals surface area contributed by atoms with Gasteiger partial charge in [-0.15, -0.1) is 0 Å². The first-order valence-electron chi connectivity index (χ1n) is 23.7. The van der Waals surface area contributed by atoms with Gasteiger partial charge in [0.1, 0.15) is 37.6 Å². The lowest BCUT2D eigenvalue weighted by atomic mass is 9.49. The zero-order valence-electron chi connectivity index (χ0n) is 36.5. The number of hydrogen-bond acceptors (Lipinski definition) is 18. The van der Waals surface area contributed by atoms with Crippen molar-refractivity contribution < 1.29 is 78.2 Å². The van der Waals surface area contributed by atoms with Crippen LogP contribution in [0.1, 0.15) is 86.5 Å². The summed E-state index contributed by atoms with van der Waals surface area (Å²) in [6.45, 7) is 1.45. The molecule has 18 nitrogen and oxygen atoms in total. The van der Waals surface area contributed by atoms with E-state index < -0.39 is 84.2 Å². The SMILES string of the molecule is O=C(OC[C@@H](O)[C@@H](O)[C@H](O)[C@@H](O)COC(=O)Oc1ccc2c3c1O[C@H]1C(=O)CC[C@@]4(O)[C@@H](C2)N(CC2CC2)CC[C@]314)Oc1ccc2c3c1O[C@H]1C(=O)CC[C@@]4(O)[C@@H](C2)N(CC2CC2)CC[C@]314. The van der Waals surface area contributed by atoms with Gasteiger partial charge >= 0.3 is 12.3 Å². The Hall–Kier alpha value is -4.40. The van der Waals surface area contributed by atoms with Crippen LogP contribution in [0.25, 0.3) is 0 Å². The molecule has 4 aliphatic heterocycles. The summed E-state index contributed by atoms with van der Waals surface area (Å²) in [5.74, 6) is 1.31. The summed E-state index contributed by atoms with van der Waals surface area (Å²) in [5, 5.41) is 67.7. The summed E-state index contributed by atoms with van der Waals surface area (Å²) in [6, 6.07) is 6.35. The van der Waals surface area contributed by atoms with Crippen molar-refractivity contribution in [2.45, 2.75) is 148 Å². The van der Waals surface area contributed by atoms with E-state index in [1.54, 1.807) is 12.1 Å². The topological polar surface area (TPSA) is 252 Å². The lowest BCUT2D eigenvalue weighted by Crippen LogP contribution is -2.76. The van der Waals surface area contributed by atoms with Crippen molar-refractivity contribution >= 4 is 23.9 Å². The summed E-state index contributed by atoms with van der Waals surface area (Å²) < 4.78 is 33.9. The van der Waals surface area contributed by atoms with E-state index >= 15 is 0 Å². The van der Waals surface area contributed by atoms with Gasteiger partial charge in [0.25, 0.3) is 0 Å². The molecular weight excluding hydrogens is 861 g/mol. The number of likely N-dealkylation sites (tertiary alicyclic amines) is 2. The number of carbonyl (C=O) groups excluding carboxylic acids is 4. The van der Waals surface area contributed by atoms with E-state index in [2.05, 4.69) is 9.80 Å². The second-order valence-corrected chi connectivity index (χ2v) is 20.8. The zero-order chi connectivity index (χ0) is 45.7. The molecule has 10 aliphatic rings. The number of aliphatic hydroxyl groups excluding tert-OH is 4. The van der Waals surface area contributed by atoms with Crippen LogP contribution >= 0.6 is 0 Å². The Morgan fingerprint density at radius 2 is 1.05 bits per heavy atom. The van der Waals surface area contributed by atoms with Crippen molar-refractivity contribution in [3.8, 4) is 23.0 Å². The standard InChI is InChI=1S/C48H56N2O16/c51-27-9-11-47(59)33-17-25-5-7-31(39-35(25)45(47,41(27)65-39)13-15-49(33)19-23-1-2-23)63-43(57)61-21-29(53)37(55)38(56)30(54)22-62-44(58)64-32-8-6-26-18-34-48(60)12-10-28(52)42-46(48,36(26)40(32)66-42)14-16-50(34)20-24-3-4-24/h5-8,23-24,29-30,33-34,37-38,41-42,53-56,59-60H,1-4,9-22H2/t29-,30+,33-,34-,37-,38-,41+,42+,45+,46+,47-,48-/m1/s1. The third-order valence-corrected chi connectivity index (χ3v) is 17.4. The van der Waals surface area contributed by atoms with Gasteiger partial charge in [0.05, 0.1) is 22.0 Å². The first-order valence-corrected chi connectivity index (χ1v) is 23.7. The van der Waals surface area contributed by atoms with Crippen LogP contribution < -0.4 is 18.9 Å². The van der Waals surface area contributed by atoms with Gasteiger partial charge in [-0.25, -0.2) is 9.59 Å². The molecule has 2 spiro atoms. The summed E-state index contributed by atoms with van der Waals surface area (Å²) in [6.07, 6.45) is -4.74. The molecule has 2 aromatic rings. The predicted octanol–water partition coefficient (Wildman–Crippen LogP) is 1.13. The Bertz CT molecular complexity index is 2240. The van der Waals surface area contributed by atoms with Crippen LogP contribution in [0.3, 0.4) is 0 Å². The normalized spacial score (nSPS) is 36.2. The highest BCUT2D eigenvalue weighted by molar-refractivity contribution is 5.91. The Morgan fingerprint density at radius 3 is 1.44 bits per heavy atom. The van der Waals surface area contributed by atoms with Gasteiger partial charge in [-0.1, -0.05) is 12.1 Å². The highest BCUT2D eigenvalue weighted by Gasteiger charge is 2.75. The van der Waals surface area contributed by atoms with Crippen LogP contribution in [0.4, 0.5) is 9.59 Å². The fourth-order valence-electron chi connectivity index (χ4n) is 13.9. The first kappa shape index (κ1) is 42.9. The molecule has 0 radical (unpaired) electrons. The second kappa shape index (κ2) is 15.0. The van der Waals surface area contributed by atoms with E-state index in [1.165, 1.54) is 25.7 Å². The molecule has 4 heterocycles. The average molecular weight is 917 g/mol. The molecule has 6 fully saturated rings. The molecule has 66 heavy (non-hydrogen) atoms. The number of nitrogens with zero attached hydrogens (tertiary/aromatic N) is 2. The molecule has 4 saturated carbocycles. The van der Waals surface area contributed by atoms with E-state index in [-0.39, 0.29) is 59.5 Å². The van der Waals surface area contributed by atoms with Crippen molar-refractivity contribution in [2.75, 3.05) is 39.4 Å². The number of benzene rings is 2. The lowest BCUT2D eigenvalue weighted by Gasteiger charge is -2.62. The molecule has 4 bridgehead atoms. The number of ether oxygens (including phenoxy) is 6. The quantitative estimate of drug-likeness (QED) is 0.122. The molecule has 12 atom stereocenters. The van der Waals surface area contributed by atoms with Crippen molar-refractivity contribution in [1.29, 1.82) is 0 Å². The Labute approximate surface area is 379 Å². The number of Topliss-reactive ketones (excluding diaryl/α,β-unsaturated/α-hetero) is 2. The third-order valence-electron chi connectivity index (χ3n) is 17.4. The van der Waals surface area contributed by atoms with E-state index in [0.29, 0.717) is 74.6 Å². The minimum absolute atomic E-state index is 0.0344. The van der Waals surface area contributed by atoms with E-state index in [4.69, 9.17) is 28.4 Å². The molecule has 6 aliphatic carbocycles. The molecular formula is C48H56N2O16. The maximum atomic E-state index is 13.4. The molecule has 18 heteroatoms. The van der Waals surface area contributed by atoms with Gasteiger partial charge in [-0.05, 0) is 112 Å². The fraction of sp³-hybridized carbons (Fsp3) is 0.667. The Morgan fingerprint density at radius 1 is 0.636 bits per heavy atom. The van der Waals surface area contributed by atoms with Gasteiger partial charge in [0, 0.05) is 49.1 Å². The van der Waals surface area contributed by atoms with Gasteiger partial charge in [0.2, 0.25) is 0 Å².